The lowest BCUT2D eigenvalue weighted by atomic mass is 9.82. The summed E-state index contributed by atoms with van der Waals surface area (Å²) < 4.78 is 26.3. The Labute approximate surface area is 154 Å². The average molecular weight is 355 g/mol. The van der Waals surface area contributed by atoms with E-state index in [1.807, 2.05) is 12.1 Å². The number of hydrogen-bond donors (Lipinski definition) is 1. The topological polar surface area (TPSA) is 30.5 Å². The second kappa shape index (κ2) is 6.67. The maximum Gasteiger partial charge on any atom is 0.126 e. The molecule has 2 heterocycles. The van der Waals surface area contributed by atoms with E-state index in [0.29, 0.717) is 25.2 Å². The lowest BCUT2D eigenvalue weighted by Gasteiger charge is -2.43. The van der Waals surface area contributed by atoms with Crippen LogP contribution in [0.2, 0.25) is 0 Å². The van der Waals surface area contributed by atoms with Gasteiger partial charge >= 0.3 is 0 Å². The van der Waals surface area contributed by atoms with Gasteiger partial charge in [0.1, 0.15) is 18.0 Å². The molecule has 4 rings (SSSR count). The minimum atomic E-state index is -0.170. The van der Waals surface area contributed by atoms with Crippen LogP contribution in [0, 0.1) is 5.82 Å². The Hall–Kier alpha value is -1.91. The quantitative estimate of drug-likeness (QED) is 0.853. The second-order valence-electron chi connectivity index (χ2n) is 8.23. The van der Waals surface area contributed by atoms with Gasteiger partial charge in [0.05, 0.1) is 19.3 Å². The van der Waals surface area contributed by atoms with Gasteiger partial charge in [0.15, 0.2) is 0 Å². The van der Waals surface area contributed by atoms with Gasteiger partial charge in [0.25, 0.3) is 0 Å². The lowest BCUT2D eigenvalue weighted by molar-refractivity contribution is -0.150. The summed E-state index contributed by atoms with van der Waals surface area (Å²) in [5.41, 5.74) is 4.26. The molecule has 1 N–H and O–H groups in total. The van der Waals surface area contributed by atoms with Crippen LogP contribution in [0.25, 0.3) is 0 Å². The molecule has 26 heavy (non-hydrogen) atoms. The maximum absolute atomic E-state index is 14.1. The zero-order valence-corrected chi connectivity index (χ0v) is 15.6. The zero-order valence-electron chi connectivity index (χ0n) is 15.6. The number of ether oxygens (including phenoxy) is 2. The van der Waals surface area contributed by atoms with Crippen molar-refractivity contribution in [1.29, 1.82) is 0 Å². The molecule has 1 saturated heterocycles. The molecule has 2 aliphatic rings. The van der Waals surface area contributed by atoms with Crippen molar-refractivity contribution in [2.24, 2.45) is 0 Å². The van der Waals surface area contributed by atoms with Crippen molar-refractivity contribution >= 4 is 5.69 Å². The summed E-state index contributed by atoms with van der Waals surface area (Å²) in [6, 6.07) is 13.4. The Kier molecular flexibility index (Phi) is 4.49. The van der Waals surface area contributed by atoms with Crippen LogP contribution in [0.5, 0.6) is 0 Å². The molecule has 0 bridgehead atoms. The normalized spacial score (nSPS) is 25.2. The van der Waals surface area contributed by atoms with E-state index in [1.54, 1.807) is 6.07 Å². The lowest BCUT2D eigenvalue weighted by Crippen LogP contribution is -2.49. The van der Waals surface area contributed by atoms with Crippen molar-refractivity contribution in [1.82, 2.24) is 0 Å². The third-order valence-electron chi connectivity index (χ3n) is 5.35. The van der Waals surface area contributed by atoms with E-state index in [9.17, 15) is 4.39 Å². The van der Waals surface area contributed by atoms with Crippen molar-refractivity contribution in [2.45, 2.75) is 50.9 Å². The fourth-order valence-electron chi connectivity index (χ4n) is 3.88. The van der Waals surface area contributed by atoms with Gasteiger partial charge in [0.2, 0.25) is 0 Å². The highest BCUT2D eigenvalue weighted by Crippen LogP contribution is 2.41. The molecule has 2 aromatic rings. The largest absolute Gasteiger partial charge is 0.379 e. The van der Waals surface area contributed by atoms with E-state index in [-0.39, 0.29) is 29.5 Å². The number of benzene rings is 2. The molecule has 0 spiro atoms. The van der Waals surface area contributed by atoms with E-state index < -0.39 is 0 Å². The molecule has 2 unspecified atom stereocenters. The van der Waals surface area contributed by atoms with Crippen molar-refractivity contribution < 1.29 is 13.9 Å². The van der Waals surface area contributed by atoms with Gasteiger partial charge in [-0.2, -0.15) is 0 Å². The number of halogens is 1. The first kappa shape index (κ1) is 17.5. The SMILES string of the molecule is CC(C)(C)c1ccc2c(c1)[C@@H]1OCCOC1C(Cc1ccccc1F)N2. The monoisotopic (exact) mass is 355 g/mol. The fourth-order valence-corrected chi connectivity index (χ4v) is 3.88. The summed E-state index contributed by atoms with van der Waals surface area (Å²) in [5, 5.41) is 3.58. The zero-order chi connectivity index (χ0) is 18.3. The van der Waals surface area contributed by atoms with Crippen LogP contribution in [-0.2, 0) is 21.3 Å². The number of rotatable bonds is 2. The van der Waals surface area contributed by atoms with Crippen LogP contribution < -0.4 is 5.32 Å². The highest BCUT2D eigenvalue weighted by atomic mass is 19.1. The van der Waals surface area contributed by atoms with Gasteiger partial charge in [-0.25, -0.2) is 4.39 Å². The Morgan fingerprint density at radius 3 is 2.62 bits per heavy atom. The van der Waals surface area contributed by atoms with Gasteiger partial charge < -0.3 is 14.8 Å². The minimum absolute atomic E-state index is 0.0230. The standard InChI is InChI=1S/C22H26FNO2/c1-22(2,3)15-8-9-18-16(13-15)20-21(26-11-10-25-20)19(24-18)12-14-6-4-5-7-17(14)23/h4-9,13,19-21,24H,10-12H2,1-3H3/t19?,20-,21?/m0/s1. The van der Waals surface area contributed by atoms with Crippen LogP contribution in [0.1, 0.15) is 43.6 Å². The fraction of sp³-hybridized carbons (Fsp3) is 0.455. The molecule has 138 valence electrons. The molecule has 0 radical (unpaired) electrons. The first-order valence-electron chi connectivity index (χ1n) is 9.31. The van der Waals surface area contributed by atoms with Crippen molar-refractivity contribution in [3.63, 3.8) is 0 Å². The van der Waals surface area contributed by atoms with Crippen LogP contribution in [0.4, 0.5) is 10.1 Å². The molecular formula is C22H26FNO2. The van der Waals surface area contributed by atoms with E-state index in [4.69, 9.17) is 9.47 Å². The van der Waals surface area contributed by atoms with Gasteiger partial charge in [-0.3, -0.25) is 0 Å². The van der Waals surface area contributed by atoms with Gasteiger partial charge in [-0.05, 0) is 35.1 Å². The summed E-state index contributed by atoms with van der Waals surface area (Å²) in [7, 11) is 0. The average Bonchev–Trinajstić information content (AvgIpc) is 2.62. The molecule has 0 aromatic heterocycles. The van der Waals surface area contributed by atoms with Crippen LogP contribution in [-0.4, -0.2) is 25.4 Å². The van der Waals surface area contributed by atoms with Crippen LogP contribution in [0.15, 0.2) is 42.5 Å². The Morgan fingerprint density at radius 2 is 1.85 bits per heavy atom. The highest BCUT2D eigenvalue weighted by molar-refractivity contribution is 5.58. The summed E-state index contributed by atoms with van der Waals surface area (Å²) >= 11 is 0. The molecule has 4 heteroatoms. The summed E-state index contributed by atoms with van der Waals surface area (Å²) in [4.78, 5) is 0. The molecule has 1 fully saturated rings. The summed E-state index contributed by atoms with van der Waals surface area (Å²) in [5.74, 6) is -0.170. The summed E-state index contributed by atoms with van der Waals surface area (Å²) in [6.45, 7) is 7.79. The number of nitrogens with one attached hydrogen (secondary N) is 1. The molecular weight excluding hydrogens is 329 g/mol. The van der Waals surface area contributed by atoms with E-state index in [0.717, 1.165) is 11.3 Å². The van der Waals surface area contributed by atoms with Crippen LogP contribution in [0.3, 0.4) is 0 Å². The number of fused-ring (bicyclic) bond motifs is 3. The van der Waals surface area contributed by atoms with Crippen molar-refractivity contribution in [3.05, 3.63) is 65.0 Å². The third-order valence-corrected chi connectivity index (χ3v) is 5.35. The van der Waals surface area contributed by atoms with E-state index in [2.05, 4.69) is 44.3 Å². The Balaban J connectivity index is 1.69. The van der Waals surface area contributed by atoms with Gasteiger partial charge in [0, 0.05) is 11.3 Å². The molecule has 0 aliphatic carbocycles. The predicted molar refractivity (Wildman–Crippen MR) is 101 cm³/mol. The first-order chi connectivity index (χ1) is 12.4. The number of anilines is 1. The number of hydrogen-bond acceptors (Lipinski definition) is 3. The molecule has 3 nitrogen and oxygen atoms in total. The Bertz CT molecular complexity index is 799. The second-order valence-corrected chi connectivity index (χ2v) is 8.23. The smallest absolute Gasteiger partial charge is 0.126 e. The molecule has 0 saturated carbocycles. The molecule has 0 amide bonds. The van der Waals surface area contributed by atoms with Gasteiger partial charge in [-0.1, -0.05) is 51.1 Å². The van der Waals surface area contributed by atoms with E-state index in [1.165, 1.54) is 11.6 Å². The maximum atomic E-state index is 14.1. The highest BCUT2D eigenvalue weighted by Gasteiger charge is 2.40. The summed E-state index contributed by atoms with van der Waals surface area (Å²) in [6.07, 6.45) is 0.336. The Morgan fingerprint density at radius 1 is 1.08 bits per heavy atom. The van der Waals surface area contributed by atoms with Crippen molar-refractivity contribution in [2.75, 3.05) is 18.5 Å². The predicted octanol–water partition coefficient (Wildman–Crippen LogP) is 4.62. The van der Waals surface area contributed by atoms with E-state index >= 15 is 0 Å². The van der Waals surface area contributed by atoms with Gasteiger partial charge in [-0.15, -0.1) is 0 Å². The molecule has 2 aromatic carbocycles. The third kappa shape index (κ3) is 3.24. The molecule has 3 atom stereocenters. The van der Waals surface area contributed by atoms with Crippen molar-refractivity contribution in [3.8, 4) is 0 Å². The first-order valence-corrected chi connectivity index (χ1v) is 9.31. The van der Waals surface area contributed by atoms with Crippen LogP contribution >= 0.6 is 0 Å². The minimum Gasteiger partial charge on any atom is -0.379 e. The molecule has 2 aliphatic heterocycles.